The van der Waals surface area contributed by atoms with E-state index in [1.807, 2.05) is 24.4 Å². The summed E-state index contributed by atoms with van der Waals surface area (Å²) in [5.74, 6) is 0. The Morgan fingerprint density at radius 3 is 2.59 bits per heavy atom. The van der Waals surface area contributed by atoms with Crippen LogP contribution >= 0.6 is 0 Å². The molecule has 0 aliphatic carbocycles. The Bertz CT molecular complexity index is 558. The number of hydrogen-bond acceptors (Lipinski definition) is 1. The lowest BCUT2D eigenvalue weighted by atomic mass is 10.1. The van der Waals surface area contributed by atoms with Crippen LogP contribution in [-0.4, -0.2) is 30.6 Å². The summed E-state index contributed by atoms with van der Waals surface area (Å²) < 4.78 is 0.879. The first-order chi connectivity index (χ1) is 7.49. The van der Waals surface area contributed by atoms with E-state index in [1.165, 1.54) is 5.56 Å². The molecule has 17 heavy (non-hydrogen) atoms. The van der Waals surface area contributed by atoms with Gasteiger partial charge in [-0.25, -0.2) is 0 Å². The molecule has 0 fully saturated rings. The molecule has 0 aliphatic rings. The minimum atomic E-state index is 0. The van der Waals surface area contributed by atoms with Crippen molar-refractivity contribution in [3.8, 4) is 6.07 Å². The zero-order chi connectivity index (χ0) is 11.8. The van der Waals surface area contributed by atoms with E-state index in [-0.39, 0.29) is 24.0 Å². The number of H-pyrrole nitrogens is 1. The zero-order valence-electron chi connectivity index (χ0n) is 10.3. The van der Waals surface area contributed by atoms with Gasteiger partial charge in [-0.15, -0.1) is 0 Å². The Kier molecular flexibility index (Phi) is 4.17. The van der Waals surface area contributed by atoms with Gasteiger partial charge in [-0.3, -0.25) is 0 Å². The van der Waals surface area contributed by atoms with Crippen LogP contribution in [0.5, 0.6) is 0 Å². The molecule has 0 saturated carbocycles. The number of nitrogens with zero attached hydrogens (tertiary/aromatic N) is 2. The van der Waals surface area contributed by atoms with E-state index in [1.54, 1.807) is 0 Å². The Morgan fingerprint density at radius 2 is 2.00 bits per heavy atom. The Labute approximate surface area is 119 Å². The molecule has 0 bridgehead atoms. The normalized spacial score (nSPS) is 10.9. The van der Waals surface area contributed by atoms with Crippen LogP contribution in [-0.2, 0) is 6.54 Å². The lowest BCUT2D eigenvalue weighted by molar-refractivity contribution is -0.883. The van der Waals surface area contributed by atoms with Crippen molar-refractivity contribution in [1.82, 2.24) is 4.98 Å². The van der Waals surface area contributed by atoms with E-state index in [0.717, 1.165) is 27.5 Å². The second kappa shape index (κ2) is 5.07. The van der Waals surface area contributed by atoms with Gasteiger partial charge < -0.3 is 33.4 Å². The molecule has 2 rings (SSSR count). The van der Waals surface area contributed by atoms with Crippen molar-refractivity contribution in [2.75, 3.05) is 21.1 Å². The van der Waals surface area contributed by atoms with E-state index in [0.29, 0.717) is 0 Å². The maximum atomic E-state index is 8.89. The maximum absolute atomic E-state index is 8.89. The first kappa shape index (κ1) is 14.0. The molecule has 0 unspecified atom stereocenters. The number of aromatic amines is 1. The van der Waals surface area contributed by atoms with Gasteiger partial charge in [-0.2, -0.15) is 5.26 Å². The molecule has 0 radical (unpaired) electrons. The average Bonchev–Trinajstić information content (AvgIpc) is 2.58. The van der Waals surface area contributed by atoms with Crippen LogP contribution in [0, 0.1) is 11.3 Å². The van der Waals surface area contributed by atoms with Gasteiger partial charge in [0.15, 0.2) is 0 Å². The molecule has 0 atom stereocenters. The van der Waals surface area contributed by atoms with Crippen LogP contribution in [0.3, 0.4) is 0 Å². The van der Waals surface area contributed by atoms with Gasteiger partial charge >= 0.3 is 0 Å². The number of aromatic nitrogens is 1. The van der Waals surface area contributed by atoms with Gasteiger partial charge in [-0.1, -0.05) is 0 Å². The minimum absolute atomic E-state index is 0. The molecular weight excluding hydrogens is 325 g/mol. The highest BCUT2D eigenvalue weighted by Crippen LogP contribution is 2.21. The van der Waals surface area contributed by atoms with Crippen LogP contribution in [0.15, 0.2) is 24.4 Å². The molecule has 1 heterocycles. The van der Waals surface area contributed by atoms with Gasteiger partial charge in [0, 0.05) is 22.7 Å². The van der Waals surface area contributed by atoms with E-state index in [2.05, 4.69) is 32.2 Å². The van der Waals surface area contributed by atoms with Crippen molar-refractivity contribution >= 4 is 10.9 Å². The lowest BCUT2D eigenvalue weighted by Crippen LogP contribution is -3.00. The fourth-order valence-electron chi connectivity index (χ4n) is 1.89. The highest BCUT2D eigenvalue weighted by Gasteiger charge is 2.12. The third-order valence-corrected chi connectivity index (χ3v) is 2.54. The molecule has 0 aliphatic heterocycles. The predicted octanol–water partition coefficient (Wildman–Crippen LogP) is -0.750. The van der Waals surface area contributed by atoms with Crippen LogP contribution in [0.4, 0.5) is 0 Å². The third kappa shape index (κ3) is 3.20. The molecule has 0 amide bonds. The summed E-state index contributed by atoms with van der Waals surface area (Å²) in [5.41, 5.74) is 3.08. The molecule has 0 spiro atoms. The number of hydrogen-bond donors (Lipinski definition) is 1. The molecule has 3 nitrogen and oxygen atoms in total. The molecule has 1 N–H and O–H groups in total. The molecule has 90 valence electrons. The summed E-state index contributed by atoms with van der Waals surface area (Å²) in [6.07, 6.45) is 2.04. The maximum Gasteiger partial charge on any atom is 0.106 e. The summed E-state index contributed by atoms with van der Waals surface area (Å²) in [7, 11) is 6.48. The fraction of sp³-hybridized carbons (Fsp3) is 0.308. The molecule has 0 saturated heterocycles. The summed E-state index contributed by atoms with van der Waals surface area (Å²) in [4.78, 5) is 3.24. The fourth-order valence-corrected chi connectivity index (χ4v) is 1.89. The van der Waals surface area contributed by atoms with Crippen molar-refractivity contribution in [2.24, 2.45) is 0 Å². The van der Waals surface area contributed by atoms with Crippen LogP contribution < -0.4 is 24.0 Å². The number of nitrogens with one attached hydrogen (secondary N) is 1. The van der Waals surface area contributed by atoms with Crippen LogP contribution in [0.25, 0.3) is 10.9 Å². The Balaban J connectivity index is 0.00000144. The van der Waals surface area contributed by atoms with Crippen LogP contribution in [0.1, 0.15) is 11.1 Å². The minimum Gasteiger partial charge on any atom is -1.00 e. The van der Waals surface area contributed by atoms with Gasteiger partial charge in [0.1, 0.15) is 6.54 Å². The zero-order valence-corrected chi connectivity index (χ0v) is 12.4. The standard InChI is InChI=1S/C13H16N3.HI/c1-16(2,3)9-11-8-15-13-5-4-10(7-14)6-12(11)13;/h4-6,8,15H,9H2,1-3H3;1H/q+1;/p-1. The largest absolute Gasteiger partial charge is 1.00 e. The van der Waals surface area contributed by atoms with E-state index < -0.39 is 0 Å². The van der Waals surface area contributed by atoms with Crippen molar-refractivity contribution in [3.63, 3.8) is 0 Å². The molecule has 4 heteroatoms. The highest BCUT2D eigenvalue weighted by atomic mass is 127. The monoisotopic (exact) mass is 341 g/mol. The first-order valence-corrected chi connectivity index (χ1v) is 5.30. The summed E-state index contributed by atoms with van der Waals surface area (Å²) in [5, 5.41) is 10.1. The molecule has 2 aromatic rings. The summed E-state index contributed by atoms with van der Waals surface area (Å²) in [6, 6.07) is 7.94. The highest BCUT2D eigenvalue weighted by molar-refractivity contribution is 5.84. The topological polar surface area (TPSA) is 39.6 Å². The second-order valence-electron chi connectivity index (χ2n) is 5.13. The number of quaternary nitrogens is 1. The SMILES string of the molecule is C[N+](C)(C)Cc1c[nH]c2ccc(C#N)cc12.[I-]. The van der Waals surface area contributed by atoms with Crippen molar-refractivity contribution < 1.29 is 28.5 Å². The lowest BCUT2D eigenvalue weighted by Gasteiger charge is -2.23. The Morgan fingerprint density at radius 1 is 1.29 bits per heavy atom. The second-order valence-corrected chi connectivity index (χ2v) is 5.13. The van der Waals surface area contributed by atoms with Crippen molar-refractivity contribution in [3.05, 3.63) is 35.5 Å². The van der Waals surface area contributed by atoms with Gasteiger partial charge in [-0.05, 0) is 18.2 Å². The number of benzene rings is 1. The number of rotatable bonds is 2. The quantitative estimate of drug-likeness (QED) is 0.567. The summed E-state index contributed by atoms with van der Waals surface area (Å²) >= 11 is 0. The molecular formula is C13H16IN3. The van der Waals surface area contributed by atoms with E-state index in [4.69, 9.17) is 5.26 Å². The smallest absolute Gasteiger partial charge is 0.106 e. The van der Waals surface area contributed by atoms with Gasteiger partial charge in [0.2, 0.25) is 0 Å². The van der Waals surface area contributed by atoms with Crippen molar-refractivity contribution in [1.29, 1.82) is 5.26 Å². The third-order valence-electron chi connectivity index (χ3n) is 2.54. The first-order valence-electron chi connectivity index (χ1n) is 5.30. The van der Waals surface area contributed by atoms with E-state index in [9.17, 15) is 0 Å². The molecule has 1 aromatic heterocycles. The van der Waals surface area contributed by atoms with Crippen molar-refractivity contribution in [2.45, 2.75) is 6.54 Å². The van der Waals surface area contributed by atoms with E-state index >= 15 is 0 Å². The average molecular weight is 341 g/mol. The van der Waals surface area contributed by atoms with Crippen LogP contribution in [0.2, 0.25) is 0 Å². The predicted molar refractivity (Wildman–Crippen MR) is 64.8 cm³/mol. The number of halogens is 1. The summed E-state index contributed by atoms with van der Waals surface area (Å²) in [6.45, 7) is 0.953. The number of nitriles is 1. The van der Waals surface area contributed by atoms with Gasteiger partial charge in [0.25, 0.3) is 0 Å². The van der Waals surface area contributed by atoms with Gasteiger partial charge in [0.05, 0.1) is 32.8 Å². The molecule has 1 aromatic carbocycles. The Hall–Kier alpha value is -1.06. The number of fused-ring (bicyclic) bond motifs is 1.